The average molecular weight is 318 g/mol. The fraction of sp³-hybridized carbons (Fsp3) is 1.00. The quantitative estimate of drug-likeness (QED) is 0.554. The van der Waals surface area contributed by atoms with Gasteiger partial charge in [0.25, 0.3) is 0 Å². The number of hydrogen-bond donors (Lipinski definition) is 0. The second kappa shape index (κ2) is 8.58. The van der Waals surface area contributed by atoms with E-state index in [-0.39, 0.29) is 0 Å². The molecule has 0 bridgehead atoms. The van der Waals surface area contributed by atoms with E-state index in [1.54, 1.807) is 0 Å². The molecule has 1 nitrogen and oxygen atoms in total. The van der Waals surface area contributed by atoms with Crippen LogP contribution in [0.5, 0.6) is 0 Å². The highest BCUT2D eigenvalue weighted by Gasteiger charge is 2.32. The molecule has 0 aromatic heterocycles. The van der Waals surface area contributed by atoms with Crippen molar-refractivity contribution in [1.29, 1.82) is 0 Å². The van der Waals surface area contributed by atoms with Crippen molar-refractivity contribution in [3.63, 3.8) is 0 Å². The standard InChI is InChI=1S/C16H32BrN/c1-4-10-16(13-17,11-5-2)14-18-12-8-7-9-15(18)6-3/h15H,4-14H2,1-3H3. The molecule has 18 heavy (non-hydrogen) atoms. The Hall–Kier alpha value is 0.440. The molecule has 1 fully saturated rings. The summed E-state index contributed by atoms with van der Waals surface area (Å²) in [6.07, 6.45) is 11.0. The van der Waals surface area contributed by atoms with Crippen molar-refractivity contribution in [2.45, 2.75) is 78.2 Å². The number of hydrogen-bond acceptors (Lipinski definition) is 1. The molecule has 1 atom stereocenters. The van der Waals surface area contributed by atoms with Gasteiger partial charge in [0, 0.05) is 17.9 Å². The van der Waals surface area contributed by atoms with Crippen LogP contribution >= 0.6 is 15.9 Å². The molecule has 1 saturated heterocycles. The fourth-order valence-corrected chi connectivity index (χ4v) is 4.42. The molecule has 0 saturated carbocycles. The highest BCUT2D eigenvalue weighted by atomic mass is 79.9. The van der Waals surface area contributed by atoms with Crippen LogP contribution in [0.1, 0.15) is 72.1 Å². The number of rotatable bonds is 8. The maximum Gasteiger partial charge on any atom is 0.0100 e. The van der Waals surface area contributed by atoms with Crippen molar-refractivity contribution in [1.82, 2.24) is 4.90 Å². The zero-order valence-electron chi connectivity index (χ0n) is 12.7. The SMILES string of the molecule is CCCC(CBr)(CCC)CN1CCCCC1CC. The van der Waals surface area contributed by atoms with Crippen LogP contribution in [0.25, 0.3) is 0 Å². The van der Waals surface area contributed by atoms with Gasteiger partial charge in [-0.15, -0.1) is 0 Å². The number of likely N-dealkylation sites (tertiary alicyclic amines) is 1. The number of piperidine rings is 1. The number of alkyl halides is 1. The minimum absolute atomic E-state index is 0.522. The molecule has 1 unspecified atom stereocenters. The van der Waals surface area contributed by atoms with Crippen molar-refractivity contribution in [3.8, 4) is 0 Å². The largest absolute Gasteiger partial charge is 0.300 e. The first kappa shape index (κ1) is 16.5. The van der Waals surface area contributed by atoms with Gasteiger partial charge in [-0.25, -0.2) is 0 Å². The van der Waals surface area contributed by atoms with Gasteiger partial charge in [0.2, 0.25) is 0 Å². The van der Waals surface area contributed by atoms with E-state index >= 15 is 0 Å². The van der Waals surface area contributed by atoms with Gasteiger partial charge in [0.15, 0.2) is 0 Å². The molecule has 2 heteroatoms. The Morgan fingerprint density at radius 1 is 1.11 bits per heavy atom. The van der Waals surface area contributed by atoms with Crippen molar-refractivity contribution in [2.75, 3.05) is 18.4 Å². The number of nitrogens with zero attached hydrogens (tertiary/aromatic N) is 1. The average Bonchev–Trinajstić information content (AvgIpc) is 2.40. The molecule has 0 aromatic carbocycles. The minimum atomic E-state index is 0.522. The summed E-state index contributed by atoms with van der Waals surface area (Å²) in [4.78, 5) is 2.80. The van der Waals surface area contributed by atoms with Crippen molar-refractivity contribution >= 4 is 15.9 Å². The minimum Gasteiger partial charge on any atom is -0.300 e. The topological polar surface area (TPSA) is 3.24 Å². The van der Waals surface area contributed by atoms with Crippen molar-refractivity contribution < 1.29 is 0 Å². The monoisotopic (exact) mass is 317 g/mol. The van der Waals surface area contributed by atoms with E-state index in [0.717, 1.165) is 6.04 Å². The van der Waals surface area contributed by atoms with Crippen LogP contribution in [0.4, 0.5) is 0 Å². The zero-order chi connectivity index (χ0) is 13.4. The molecule has 0 radical (unpaired) electrons. The van der Waals surface area contributed by atoms with Crippen molar-refractivity contribution in [3.05, 3.63) is 0 Å². The second-order valence-corrected chi connectivity index (χ2v) is 6.72. The predicted molar refractivity (Wildman–Crippen MR) is 85.5 cm³/mol. The summed E-state index contributed by atoms with van der Waals surface area (Å²) in [6.45, 7) is 9.68. The third-order valence-electron chi connectivity index (χ3n) is 4.60. The molecule has 0 spiro atoms. The van der Waals surface area contributed by atoms with E-state index < -0.39 is 0 Å². The van der Waals surface area contributed by atoms with Gasteiger partial charge in [0.05, 0.1) is 0 Å². The molecule has 0 amide bonds. The highest BCUT2D eigenvalue weighted by Crippen LogP contribution is 2.35. The number of halogens is 1. The molecule has 108 valence electrons. The Kier molecular flexibility index (Phi) is 7.86. The molecule has 1 aliphatic rings. The van der Waals surface area contributed by atoms with Gasteiger partial charge in [0.1, 0.15) is 0 Å². The summed E-state index contributed by atoms with van der Waals surface area (Å²) < 4.78 is 0. The van der Waals surface area contributed by atoms with Gasteiger partial charge in [-0.2, -0.15) is 0 Å². The van der Waals surface area contributed by atoms with Crippen LogP contribution < -0.4 is 0 Å². The van der Waals surface area contributed by atoms with Gasteiger partial charge < -0.3 is 0 Å². The van der Waals surface area contributed by atoms with Crippen LogP contribution in [-0.2, 0) is 0 Å². The molecular formula is C16H32BrN. The third-order valence-corrected chi connectivity index (χ3v) is 5.79. The van der Waals surface area contributed by atoms with Gasteiger partial charge in [-0.3, -0.25) is 4.90 Å². The molecule has 1 heterocycles. The van der Waals surface area contributed by atoms with E-state index in [2.05, 4.69) is 41.6 Å². The lowest BCUT2D eigenvalue weighted by Gasteiger charge is -2.43. The molecule has 0 aliphatic carbocycles. The van der Waals surface area contributed by atoms with E-state index in [9.17, 15) is 0 Å². The second-order valence-electron chi connectivity index (χ2n) is 6.16. The van der Waals surface area contributed by atoms with E-state index in [1.807, 2.05) is 0 Å². The van der Waals surface area contributed by atoms with E-state index in [1.165, 1.54) is 69.8 Å². The van der Waals surface area contributed by atoms with Gasteiger partial charge in [-0.05, 0) is 44.1 Å². The first-order valence-electron chi connectivity index (χ1n) is 8.01. The third kappa shape index (κ3) is 4.52. The Bertz CT molecular complexity index is 211. The summed E-state index contributed by atoms with van der Waals surface area (Å²) in [5.41, 5.74) is 0.522. The summed E-state index contributed by atoms with van der Waals surface area (Å²) in [6, 6.07) is 0.853. The van der Waals surface area contributed by atoms with Gasteiger partial charge in [-0.1, -0.05) is 56.0 Å². The molecule has 0 N–H and O–H groups in total. The van der Waals surface area contributed by atoms with Crippen LogP contribution in [-0.4, -0.2) is 29.4 Å². The summed E-state index contributed by atoms with van der Waals surface area (Å²) in [5, 5.41) is 1.18. The maximum absolute atomic E-state index is 3.82. The van der Waals surface area contributed by atoms with Crippen molar-refractivity contribution in [2.24, 2.45) is 5.41 Å². The molecule has 0 aromatic rings. The summed E-state index contributed by atoms with van der Waals surface area (Å²) in [7, 11) is 0. The lowest BCUT2D eigenvalue weighted by molar-refractivity contribution is 0.0783. The van der Waals surface area contributed by atoms with E-state index in [0.29, 0.717) is 5.41 Å². The summed E-state index contributed by atoms with van der Waals surface area (Å²) in [5.74, 6) is 0. The first-order chi connectivity index (χ1) is 8.71. The van der Waals surface area contributed by atoms with Gasteiger partial charge >= 0.3 is 0 Å². The molecule has 1 rings (SSSR count). The summed E-state index contributed by atoms with van der Waals surface area (Å²) >= 11 is 3.82. The Morgan fingerprint density at radius 2 is 1.78 bits per heavy atom. The zero-order valence-corrected chi connectivity index (χ0v) is 14.3. The van der Waals surface area contributed by atoms with E-state index in [4.69, 9.17) is 0 Å². The van der Waals surface area contributed by atoms with Crippen LogP contribution in [0.15, 0.2) is 0 Å². The first-order valence-corrected chi connectivity index (χ1v) is 9.13. The van der Waals surface area contributed by atoms with Crippen LogP contribution in [0.3, 0.4) is 0 Å². The lowest BCUT2D eigenvalue weighted by Crippen LogP contribution is -2.46. The maximum atomic E-state index is 3.82. The predicted octanol–water partition coefficient (Wildman–Crippen LogP) is 5.23. The molecular weight excluding hydrogens is 286 g/mol. The molecule has 1 aliphatic heterocycles. The van der Waals surface area contributed by atoms with Crippen LogP contribution in [0.2, 0.25) is 0 Å². The Morgan fingerprint density at radius 3 is 2.28 bits per heavy atom. The van der Waals surface area contributed by atoms with Crippen LogP contribution in [0, 0.1) is 5.41 Å². The lowest BCUT2D eigenvalue weighted by atomic mass is 9.79. The highest BCUT2D eigenvalue weighted by molar-refractivity contribution is 9.09. The Balaban J connectivity index is 2.67. The smallest absolute Gasteiger partial charge is 0.0100 e. The Labute approximate surface area is 123 Å². The normalized spacial score (nSPS) is 22.3. The fourth-order valence-electron chi connectivity index (χ4n) is 3.68.